The molecule has 1 nitrogen and oxygen atoms in total. The van der Waals surface area contributed by atoms with Crippen LogP contribution in [0.5, 0.6) is 0 Å². The molecule has 0 saturated heterocycles. The summed E-state index contributed by atoms with van der Waals surface area (Å²) in [4.78, 5) is 0. The van der Waals surface area contributed by atoms with Gasteiger partial charge in [0.2, 0.25) is 0 Å². The summed E-state index contributed by atoms with van der Waals surface area (Å²) < 4.78 is 5.03. The standard InChI is InChI=1S/C7H11O/c1-5-7(3,4)8-6-2/h1H,2,6H2,3-4H3. The molecule has 0 unspecified atom stereocenters. The van der Waals surface area contributed by atoms with Gasteiger partial charge in [-0.05, 0) is 20.8 Å². The molecule has 0 bridgehead atoms. The fourth-order valence-corrected chi connectivity index (χ4v) is 0.297. The van der Waals surface area contributed by atoms with Crippen LogP contribution < -0.4 is 0 Å². The second kappa shape index (κ2) is 2.74. The van der Waals surface area contributed by atoms with Crippen LogP contribution in [0.15, 0.2) is 0 Å². The van der Waals surface area contributed by atoms with Crippen molar-refractivity contribution in [2.75, 3.05) is 6.61 Å². The summed E-state index contributed by atoms with van der Waals surface area (Å²) in [6, 6.07) is 0. The van der Waals surface area contributed by atoms with Crippen LogP contribution in [0.2, 0.25) is 0 Å². The number of rotatable bonds is 2. The van der Waals surface area contributed by atoms with Gasteiger partial charge in [0.1, 0.15) is 5.60 Å². The summed E-state index contributed by atoms with van der Waals surface area (Å²) in [6.07, 6.45) is 5.09. The third-order valence-corrected chi connectivity index (χ3v) is 0.811. The van der Waals surface area contributed by atoms with Gasteiger partial charge in [-0.1, -0.05) is 5.92 Å². The van der Waals surface area contributed by atoms with E-state index in [9.17, 15) is 0 Å². The van der Waals surface area contributed by atoms with Crippen molar-refractivity contribution in [3.8, 4) is 12.3 Å². The van der Waals surface area contributed by atoms with Gasteiger partial charge in [-0.2, -0.15) is 0 Å². The van der Waals surface area contributed by atoms with Gasteiger partial charge in [0.15, 0.2) is 0 Å². The molecule has 0 saturated carbocycles. The Kier molecular flexibility index (Phi) is 2.57. The summed E-state index contributed by atoms with van der Waals surface area (Å²) >= 11 is 0. The average Bonchev–Trinajstić information content (AvgIpc) is 1.67. The minimum atomic E-state index is -0.443. The van der Waals surface area contributed by atoms with E-state index >= 15 is 0 Å². The first-order valence-electron chi connectivity index (χ1n) is 2.53. The molecule has 0 atom stereocenters. The van der Waals surface area contributed by atoms with Crippen LogP contribution in [-0.4, -0.2) is 12.2 Å². The first-order chi connectivity index (χ1) is 3.62. The molecule has 1 radical (unpaired) electrons. The zero-order valence-electron chi connectivity index (χ0n) is 5.40. The smallest absolute Gasteiger partial charge is 0.122 e. The summed E-state index contributed by atoms with van der Waals surface area (Å²) in [7, 11) is 0. The van der Waals surface area contributed by atoms with Crippen molar-refractivity contribution in [1.82, 2.24) is 0 Å². The number of terminal acetylenes is 1. The van der Waals surface area contributed by atoms with Gasteiger partial charge in [-0.25, -0.2) is 0 Å². The van der Waals surface area contributed by atoms with Crippen LogP contribution in [-0.2, 0) is 4.74 Å². The summed E-state index contributed by atoms with van der Waals surface area (Å²) in [5.74, 6) is 2.48. The van der Waals surface area contributed by atoms with Gasteiger partial charge in [-0.3, -0.25) is 0 Å². The molecule has 0 aliphatic rings. The molecule has 0 aliphatic carbocycles. The Labute approximate surface area is 51.0 Å². The molecule has 8 heavy (non-hydrogen) atoms. The minimum absolute atomic E-state index is 0.428. The quantitative estimate of drug-likeness (QED) is 0.487. The predicted octanol–water partition coefficient (Wildman–Crippen LogP) is 1.25. The molecule has 0 spiro atoms. The highest BCUT2D eigenvalue weighted by Crippen LogP contribution is 2.04. The van der Waals surface area contributed by atoms with Crippen molar-refractivity contribution in [2.45, 2.75) is 19.4 Å². The van der Waals surface area contributed by atoms with Gasteiger partial charge in [-0.15, -0.1) is 6.42 Å². The van der Waals surface area contributed by atoms with E-state index in [0.29, 0.717) is 6.61 Å². The van der Waals surface area contributed by atoms with Crippen molar-refractivity contribution >= 4 is 0 Å². The molecule has 0 aliphatic heterocycles. The topological polar surface area (TPSA) is 9.23 Å². The van der Waals surface area contributed by atoms with E-state index in [1.54, 1.807) is 0 Å². The minimum Gasteiger partial charge on any atom is -0.363 e. The predicted molar refractivity (Wildman–Crippen MR) is 34.2 cm³/mol. The highest BCUT2D eigenvalue weighted by molar-refractivity contribution is 5.02. The molecule has 0 aromatic carbocycles. The second-order valence-electron chi connectivity index (χ2n) is 2.00. The largest absolute Gasteiger partial charge is 0.363 e. The van der Waals surface area contributed by atoms with Crippen LogP contribution in [0.4, 0.5) is 0 Å². The lowest BCUT2D eigenvalue weighted by Gasteiger charge is -2.16. The summed E-state index contributed by atoms with van der Waals surface area (Å²) in [5.41, 5.74) is -0.443. The van der Waals surface area contributed by atoms with E-state index in [1.165, 1.54) is 0 Å². The first kappa shape index (κ1) is 7.52. The van der Waals surface area contributed by atoms with Crippen LogP contribution in [0.3, 0.4) is 0 Å². The van der Waals surface area contributed by atoms with Crippen molar-refractivity contribution in [3.63, 3.8) is 0 Å². The lowest BCUT2D eigenvalue weighted by atomic mass is 10.1. The van der Waals surface area contributed by atoms with Crippen LogP contribution in [0.25, 0.3) is 0 Å². The Morgan fingerprint density at radius 2 is 2.25 bits per heavy atom. The molecular formula is C7H11O. The van der Waals surface area contributed by atoms with Gasteiger partial charge in [0.25, 0.3) is 0 Å². The van der Waals surface area contributed by atoms with Crippen molar-refractivity contribution < 1.29 is 4.74 Å². The monoisotopic (exact) mass is 111 g/mol. The maximum atomic E-state index is 5.09. The highest BCUT2D eigenvalue weighted by Gasteiger charge is 2.11. The summed E-state index contributed by atoms with van der Waals surface area (Å²) in [5, 5.41) is 0. The van der Waals surface area contributed by atoms with E-state index in [2.05, 4.69) is 12.8 Å². The van der Waals surface area contributed by atoms with E-state index in [0.717, 1.165) is 0 Å². The van der Waals surface area contributed by atoms with Crippen molar-refractivity contribution in [2.24, 2.45) is 0 Å². The Morgan fingerprint density at radius 1 is 1.75 bits per heavy atom. The molecule has 0 amide bonds. The zero-order valence-corrected chi connectivity index (χ0v) is 5.40. The number of hydrogen-bond donors (Lipinski definition) is 0. The molecule has 0 N–H and O–H groups in total. The first-order valence-corrected chi connectivity index (χ1v) is 2.53. The summed E-state index contributed by atoms with van der Waals surface area (Å²) in [6.45, 7) is 7.59. The highest BCUT2D eigenvalue weighted by atomic mass is 16.5. The molecular weight excluding hydrogens is 100 g/mol. The van der Waals surface area contributed by atoms with Crippen LogP contribution in [0, 0.1) is 19.3 Å². The second-order valence-corrected chi connectivity index (χ2v) is 2.00. The number of hydrogen-bond acceptors (Lipinski definition) is 1. The molecule has 45 valence electrons. The van der Waals surface area contributed by atoms with Gasteiger partial charge in [0.05, 0.1) is 0 Å². The maximum Gasteiger partial charge on any atom is 0.122 e. The normalized spacial score (nSPS) is 10.8. The third-order valence-electron chi connectivity index (χ3n) is 0.811. The van der Waals surface area contributed by atoms with Crippen molar-refractivity contribution in [1.29, 1.82) is 0 Å². The van der Waals surface area contributed by atoms with Gasteiger partial charge < -0.3 is 4.74 Å². The maximum absolute atomic E-state index is 5.09. The van der Waals surface area contributed by atoms with Gasteiger partial charge in [0, 0.05) is 6.61 Å². The third kappa shape index (κ3) is 2.65. The van der Waals surface area contributed by atoms with Crippen molar-refractivity contribution in [3.05, 3.63) is 6.92 Å². The molecule has 0 fully saturated rings. The molecule has 0 heterocycles. The molecule has 1 heteroatoms. The Balaban J connectivity index is 3.59. The van der Waals surface area contributed by atoms with Gasteiger partial charge >= 0.3 is 0 Å². The van der Waals surface area contributed by atoms with Crippen LogP contribution in [0.1, 0.15) is 13.8 Å². The van der Waals surface area contributed by atoms with E-state index in [1.807, 2.05) is 13.8 Å². The fourth-order valence-electron chi connectivity index (χ4n) is 0.297. The Morgan fingerprint density at radius 3 is 2.38 bits per heavy atom. The van der Waals surface area contributed by atoms with E-state index in [-0.39, 0.29) is 0 Å². The lowest BCUT2D eigenvalue weighted by Crippen LogP contribution is -2.21. The lowest BCUT2D eigenvalue weighted by molar-refractivity contribution is 0.0460. The molecule has 0 aromatic rings. The zero-order chi connectivity index (χ0) is 6.62. The SMILES string of the molecule is C#CC(C)(C)OC[CH2]. The molecule has 0 aromatic heterocycles. The Hall–Kier alpha value is -0.480. The Bertz CT molecular complexity index is 97.4. The fraction of sp³-hybridized carbons (Fsp3) is 0.571. The van der Waals surface area contributed by atoms with E-state index < -0.39 is 5.60 Å². The number of ether oxygens (including phenoxy) is 1. The molecule has 0 rings (SSSR count). The average molecular weight is 111 g/mol. The van der Waals surface area contributed by atoms with Crippen LogP contribution >= 0.6 is 0 Å². The van der Waals surface area contributed by atoms with E-state index in [4.69, 9.17) is 11.2 Å².